The number of carbonyl (C=O) groups is 1. The number of thioether (sulfide) groups is 1. The van der Waals surface area contributed by atoms with Crippen LogP contribution < -0.4 is 5.73 Å². The van der Waals surface area contributed by atoms with Crippen molar-refractivity contribution in [3.8, 4) is 6.07 Å². The molecule has 0 amide bonds. The van der Waals surface area contributed by atoms with Gasteiger partial charge in [0.1, 0.15) is 11.8 Å². The van der Waals surface area contributed by atoms with Gasteiger partial charge in [-0.15, -0.1) is 0 Å². The summed E-state index contributed by atoms with van der Waals surface area (Å²) in [5.41, 5.74) is 6.42. The smallest absolute Gasteiger partial charge is 0.183 e. The molecule has 0 bridgehead atoms. The lowest BCUT2D eigenvalue weighted by molar-refractivity contribution is 0.0934. The molecule has 1 aromatic heterocycles. The average Bonchev–Trinajstić information content (AvgIpc) is 2.69. The van der Waals surface area contributed by atoms with Crippen molar-refractivity contribution in [1.29, 1.82) is 5.26 Å². The van der Waals surface area contributed by atoms with Gasteiger partial charge in [0, 0.05) is 12.1 Å². The second kappa shape index (κ2) is 17.9. The molecule has 29 heavy (non-hydrogen) atoms. The summed E-state index contributed by atoms with van der Waals surface area (Å²) in [6.45, 7) is 16.4. The topological polar surface area (TPSA) is 92.1 Å². The zero-order chi connectivity index (χ0) is 22.8. The van der Waals surface area contributed by atoms with Crippen LogP contribution in [0, 0.1) is 23.2 Å². The average molecular weight is 419 g/mol. The predicted molar refractivity (Wildman–Crippen MR) is 127 cm³/mol. The van der Waals surface area contributed by atoms with Crippen LogP contribution in [0.4, 0.5) is 0 Å². The molecule has 1 aliphatic heterocycles. The Kier molecular flexibility index (Phi) is 18.0. The third-order valence-electron chi connectivity index (χ3n) is 3.09. The molecule has 0 fully saturated rings. The second-order valence-corrected chi connectivity index (χ2v) is 8.05. The highest BCUT2D eigenvalue weighted by molar-refractivity contribution is 8.16. The summed E-state index contributed by atoms with van der Waals surface area (Å²) in [6, 6.07) is 5.43. The second-order valence-electron chi connectivity index (χ2n) is 7.13. The Labute approximate surface area is 181 Å². The molecule has 1 unspecified atom stereocenters. The number of nitrogens with zero attached hydrogens (tertiary/aromatic N) is 3. The van der Waals surface area contributed by atoms with E-state index in [1.807, 2.05) is 25.3 Å². The number of ketones is 1. The van der Waals surface area contributed by atoms with Crippen molar-refractivity contribution >= 4 is 22.7 Å². The predicted octanol–water partition coefficient (Wildman–Crippen LogP) is 6.21. The van der Waals surface area contributed by atoms with E-state index in [0.717, 1.165) is 0 Å². The molecule has 1 aliphatic rings. The van der Waals surface area contributed by atoms with Crippen molar-refractivity contribution < 1.29 is 4.79 Å². The van der Waals surface area contributed by atoms with Gasteiger partial charge in [0.05, 0.1) is 11.6 Å². The number of carbonyl (C=O) groups excluding carboxylic acids is 1. The summed E-state index contributed by atoms with van der Waals surface area (Å²) in [5, 5.41) is 11.2. The molecule has 0 saturated carbocycles. The van der Waals surface area contributed by atoms with Gasteiger partial charge in [-0.25, -0.2) is 0 Å². The Balaban J connectivity index is 0. The Morgan fingerprint density at radius 3 is 2.03 bits per heavy atom. The molecule has 2 rings (SSSR count). The lowest BCUT2D eigenvalue weighted by Crippen LogP contribution is -2.18. The quantitative estimate of drug-likeness (QED) is 0.589. The van der Waals surface area contributed by atoms with Crippen LogP contribution >= 0.6 is 11.8 Å². The third kappa shape index (κ3) is 14.5. The zero-order valence-corrected chi connectivity index (χ0v) is 20.1. The van der Waals surface area contributed by atoms with Gasteiger partial charge in [-0.1, -0.05) is 86.1 Å². The minimum Gasteiger partial charge on any atom is -0.378 e. The number of nitrogens with two attached hydrogens (primary N) is 1. The summed E-state index contributed by atoms with van der Waals surface area (Å²) < 4.78 is 0. The number of Topliss-reactive ketones (excluding diaryl/α,β-unsaturated/α-hetero) is 1. The Morgan fingerprint density at radius 2 is 1.72 bits per heavy atom. The maximum absolute atomic E-state index is 11.4. The summed E-state index contributed by atoms with van der Waals surface area (Å²) in [6.07, 6.45) is 6.00. The number of rotatable bonds is 3. The van der Waals surface area contributed by atoms with E-state index in [0.29, 0.717) is 28.4 Å². The number of hydrogen-bond donors (Lipinski definition) is 1. The highest BCUT2D eigenvalue weighted by atomic mass is 32.2. The van der Waals surface area contributed by atoms with Crippen molar-refractivity contribution in [2.24, 2.45) is 22.6 Å². The summed E-state index contributed by atoms with van der Waals surface area (Å²) in [4.78, 5) is 19.5. The van der Waals surface area contributed by atoms with Crippen molar-refractivity contribution in [3.05, 3.63) is 41.1 Å². The molecule has 1 aromatic rings. The molecular weight excluding hydrogens is 380 g/mol. The van der Waals surface area contributed by atoms with E-state index in [-0.39, 0.29) is 11.7 Å². The first kappa shape index (κ1) is 29.1. The number of amidine groups is 1. The number of aliphatic imine (C=N–C) groups is 1. The molecule has 0 aliphatic carbocycles. The molecule has 0 spiro atoms. The maximum Gasteiger partial charge on any atom is 0.183 e. The first-order chi connectivity index (χ1) is 13.7. The monoisotopic (exact) mass is 418 g/mol. The standard InChI is InChI=1S/C10H10N2O.C7H12N2S.2C3H8/c1-7(2)10(13)9-4-3-8(5-11)6-12-9;1-5(2)6-3-4-10-7(8)9-6;2*1-3-2/h3-4,6-7H,1-2H3;3-6H,1-2H3,(H2,8,9);2*3H2,1-2H3. The summed E-state index contributed by atoms with van der Waals surface area (Å²) in [5.74, 6) is 0.501. The lowest BCUT2D eigenvalue weighted by Gasteiger charge is -2.15. The third-order valence-corrected chi connectivity index (χ3v) is 3.73. The molecule has 0 aromatic carbocycles. The van der Waals surface area contributed by atoms with Crippen LogP contribution in [-0.2, 0) is 0 Å². The molecule has 0 radical (unpaired) electrons. The number of pyridine rings is 1. The molecule has 1 atom stereocenters. The van der Waals surface area contributed by atoms with Crippen LogP contribution in [-0.4, -0.2) is 22.0 Å². The first-order valence-electron chi connectivity index (χ1n) is 10.2. The molecular formula is C23H38N4OS. The number of aromatic nitrogens is 1. The Morgan fingerprint density at radius 1 is 1.17 bits per heavy atom. The first-order valence-corrected chi connectivity index (χ1v) is 11.1. The van der Waals surface area contributed by atoms with Crippen molar-refractivity contribution in [2.75, 3.05) is 0 Å². The van der Waals surface area contributed by atoms with Crippen LogP contribution in [0.5, 0.6) is 0 Å². The van der Waals surface area contributed by atoms with E-state index in [1.165, 1.54) is 30.8 Å². The summed E-state index contributed by atoms with van der Waals surface area (Å²) in [7, 11) is 0. The number of nitriles is 1. The highest BCUT2D eigenvalue weighted by Crippen LogP contribution is 2.17. The molecule has 2 N–H and O–H groups in total. The Bertz CT molecular complexity index is 656. The van der Waals surface area contributed by atoms with E-state index < -0.39 is 0 Å². The normalized spacial score (nSPS) is 14.2. The van der Waals surface area contributed by atoms with Gasteiger partial charge in [-0.3, -0.25) is 14.8 Å². The largest absolute Gasteiger partial charge is 0.378 e. The van der Waals surface area contributed by atoms with Crippen LogP contribution in [0.3, 0.4) is 0 Å². The molecule has 2 heterocycles. The van der Waals surface area contributed by atoms with Crippen LogP contribution in [0.15, 0.2) is 34.8 Å². The fraction of sp³-hybridized carbons (Fsp3) is 0.565. The zero-order valence-electron chi connectivity index (χ0n) is 19.3. The van der Waals surface area contributed by atoms with Crippen molar-refractivity contribution in [3.63, 3.8) is 0 Å². The molecule has 162 valence electrons. The van der Waals surface area contributed by atoms with Crippen LogP contribution in [0.25, 0.3) is 0 Å². The van der Waals surface area contributed by atoms with E-state index >= 15 is 0 Å². The van der Waals surface area contributed by atoms with Crippen LogP contribution in [0.2, 0.25) is 0 Å². The van der Waals surface area contributed by atoms with Gasteiger partial charge in [0.2, 0.25) is 0 Å². The fourth-order valence-corrected chi connectivity index (χ4v) is 2.24. The van der Waals surface area contributed by atoms with Gasteiger partial charge >= 0.3 is 0 Å². The van der Waals surface area contributed by atoms with E-state index in [9.17, 15) is 4.79 Å². The summed E-state index contributed by atoms with van der Waals surface area (Å²) >= 11 is 1.49. The minimum atomic E-state index is -0.0552. The van der Waals surface area contributed by atoms with Crippen molar-refractivity contribution in [1.82, 2.24) is 4.98 Å². The highest BCUT2D eigenvalue weighted by Gasteiger charge is 2.12. The SMILES string of the molecule is CC(C)C(=O)c1ccc(C#N)cn1.CC(C)C1C=CSC(N)=N1.CCC.CCC. The van der Waals surface area contributed by atoms with Crippen molar-refractivity contribution in [2.45, 2.75) is 74.3 Å². The maximum atomic E-state index is 11.4. The lowest BCUT2D eigenvalue weighted by atomic mass is 10.1. The van der Waals surface area contributed by atoms with Gasteiger partial charge in [-0.2, -0.15) is 5.26 Å². The van der Waals surface area contributed by atoms with E-state index in [2.05, 4.69) is 57.6 Å². The number of hydrogen-bond acceptors (Lipinski definition) is 6. The molecule has 0 saturated heterocycles. The molecule has 6 heteroatoms. The minimum absolute atomic E-state index is 0.00416. The fourth-order valence-electron chi connectivity index (χ4n) is 1.68. The van der Waals surface area contributed by atoms with E-state index in [1.54, 1.807) is 12.1 Å². The van der Waals surface area contributed by atoms with Gasteiger partial charge < -0.3 is 5.73 Å². The van der Waals surface area contributed by atoms with Gasteiger partial charge in [0.25, 0.3) is 0 Å². The Hall–Kier alpha value is -2.13. The molecule has 5 nitrogen and oxygen atoms in total. The van der Waals surface area contributed by atoms with Gasteiger partial charge in [-0.05, 0) is 23.5 Å². The van der Waals surface area contributed by atoms with Crippen LogP contribution in [0.1, 0.15) is 84.3 Å². The van der Waals surface area contributed by atoms with Gasteiger partial charge in [0.15, 0.2) is 11.0 Å². The van der Waals surface area contributed by atoms with E-state index in [4.69, 9.17) is 11.0 Å².